The summed E-state index contributed by atoms with van der Waals surface area (Å²) < 4.78 is 4.98. The average molecular weight is 250 g/mol. The summed E-state index contributed by atoms with van der Waals surface area (Å²) in [5.74, 6) is 0.226. The summed E-state index contributed by atoms with van der Waals surface area (Å²) in [7, 11) is 1.62. The Bertz CT molecular complexity index is 376. The first-order chi connectivity index (χ1) is 8.52. The molecule has 0 aromatic heterocycles. The summed E-state index contributed by atoms with van der Waals surface area (Å²) in [5, 5.41) is 2.90. The molecule has 0 saturated heterocycles. The zero-order valence-corrected chi connectivity index (χ0v) is 11.3. The lowest BCUT2D eigenvalue weighted by atomic mass is 9.97. The zero-order valence-electron chi connectivity index (χ0n) is 11.3. The van der Waals surface area contributed by atoms with Gasteiger partial charge in [0.15, 0.2) is 0 Å². The van der Waals surface area contributed by atoms with E-state index < -0.39 is 0 Å². The number of rotatable bonds is 6. The first-order valence-electron chi connectivity index (χ1n) is 6.16. The second kappa shape index (κ2) is 7.01. The van der Waals surface area contributed by atoms with Crippen molar-refractivity contribution in [3.63, 3.8) is 0 Å². The number of ether oxygens (including phenoxy) is 1. The van der Waals surface area contributed by atoms with Crippen molar-refractivity contribution in [3.8, 4) is 0 Å². The van der Waals surface area contributed by atoms with E-state index in [-0.39, 0.29) is 17.9 Å². The van der Waals surface area contributed by atoms with E-state index in [9.17, 15) is 4.79 Å². The molecule has 0 radical (unpaired) electrons. The summed E-state index contributed by atoms with van der Waals surface area (Å²) in [4.78, 5) is 11.8. The molecule has 3 N–H and O–H groups in total. The highest BCUT2D eigenvalue weighted by atomic mass is 16.5. The smallest absolute Gasteiger partial charge is 0.220 e. The monoisotopic (exact) mass is 250 g/mol. The summed E-state index contributed by atoms with van der Waals surface area (Å²) in [6, 6.07) is 7.69. The van der Waals surface area contributed by atoms with Crippen LogP contribution in [0.4, 0.5) is 5.69 Å². The third kappa shape index (κ3) is 4.75. The summed E-state index contributed by atoms with van der Waals surface area (Å²) in [5.41, 5.74) is 7.50. The van der Waals surface area contributed by atoms with Crippen LogP contribution in [-0.2, 0) is 9.53 Å². The van der Waals surface area contributed by atoms with Crippen molar-refractivity contribution < 1.29 is 9.53 Å². The molecule has 4 nitrogen and oxygen atoms in total. The van der Waals surface area contributed by atoms with Crippen molar-refractivity contribution >= 4 is 11.6 Å². The molecule has 0 aliphatic rings. The topological polar surface area (TPSA) is 64.3 Å². The molecule has 0 aliphatic heterocycles. The van der Waals surface area contributed by atoms with Crippen molar-refractivity contribution in [2.24, 2.45) is 0 Å². The third-order valence-electron chi connectivity index (χ3n) is 2.82. The van der Waals surface area contributed by atoms with Gasteiger partial charge in [0.25, 0.3) is 0 Å². The van der Waals surface area contributed by atoms with E-state index in [1.54, 1.807) is 7.11 Å². The second-order valence-electron chi connectivity index (χ2n) is 4.70. The summed E-state index contributed by atoms with van der Waals surface area (Å²) in [6.07, 6.45) is 0.470. The van der Waals surface area contributed by atoms with Gasteiger partial charge in [0.05, 0.1) is 6.61 Å². The Balaban J connectivity index is 2.46. The fourth-order valence-corrected chi connectivity index (χ4v) is 1.85. The number of nitrogens with two attached hydrogens (primary N) is 1. The summed E-state index contributed by atoms with van der Waals surface area (Å²) in [6.45, 7) is 4.49. The van der Waals surface area contributed by atoms with E-state index >= 15 is 0 Å². The van der Waals surface area contributed by atoms with Crippen LogP contribution in [0.5, 0.6) is 0 Å². The van der Waals surface area contributed by atoms with Crippen LogP contribution in [0.15, 0.2) is 24.3 Å². The number of carbonyl (C=O) groups excluding carboxylic acids is 1. The van der Waals surface area contributed by atoms with Gasteiger partial charge >= 0.3 is 0 Å². The van der Waals surface area contributed by atoms with Crippen molar-refractivity contribution in [1.82, 2.24) is 5.32 Å². The van der Waals surface area contributed by atoms with Gasteiger partial charge in [-0.3, -0.25) is 4.79 Å². The van der Waals surface area contributed by atoms with Crippen LogP contribution in [0.3, 0.4) is 0 Å². The number of methoxy groups -OCH3 is 1. The van der Waals surface area contributed by atoms with Crippen molar-refractivity contribution in [3.05, 3.63) is 29.8 Å². The van der Waals surface area contributed by atoms with Crippen LogP contribution in [0.2, 0.25) is 0 Å². The largest absolute Gasteiger partial charge is 0.399 e. The first-order valence-corrected chi connectivity index (χ1v) is 6.16. The van der Waals surface area contributed by atoms with Gasteiger partial charge in [-0.2, -0.15) is 0 Å². The molecule has 1 rings (SSSR count). The predicted molar refractivity (Wildman–Crippen MR) is 73.4 cm³/mol. The van der Waals surface area contributed by atoms with Gasteiger partial charge in [-0.25, -0.2) is 0 Å². The Morgan fingerprint density at radius 2 is 1.94 bits per heavy atom. The molecule has 0 saturated carbocycles. The molecule has 0 heterocycles. The molecule has 100 valence electrons. The number of nitrogen functional groups attached to an aromatic ring is 1. The average Bonchev–Trinajstić information content (AvgIpc) is 2.29. The number of carbonyl (C=O) groups is 1. The van der Waals surface area contributed by atoms with Gasteiger partial charge in [-0.15, -0.1) is 0 Å². The first kappa shape index (κ1) is 14.5. The Morgan fingerprint density at radius 1 is 1.33 bits per heavy atom. The van der Waals surface area contributed by atoms with Gasteiger partial charge in [-0.1, -0.05) is 19.1 Å². The Labute approximate surface area is 109 Å². The van der Waals surface area contributed by atoms with Crippen molar-refractivity contribution in [2.75, 3.05) is 19.5 Å². The van der Waals surface area contributed by atoms with E-state index in [4.69, 9.17) is 10.5 Å². The Hall–Kier alpha value is -1.55. The van der Waals surface area contributed by atoms with Crippen molar-refractivity contribution in [2.45, 2.75) is 32.2 Å². The molecular weight excluding hydrogens is 228 g/mol. The van der Waals surface area contributed by atoms with E-state index in [1.165, 1.54) is 0 Å². The molecule has 4 heteroatoms. The maximum Gasteiger partial charge on any atom is 0.220 e. The highest BCUT2D eigenvalue weighted by Gasteiger charge is 2.13. The number of benzene rings is 1. The van der Waals surface area contributed by atoms with Crippen LogP contribution in [-0.4, -0.2) is 25.7 Å². The number of anilines is 1. The normalized spacial score (nSPS) is 13.9. The van der Waals surface area contributed by atoms with Gasteiger partial charge in [0.1, 0.15) is 0 Å². The molecule has 0 bridgehead atoms. The predicted octanol–water partition coefficient (Wildman–Crippen LogP) is 1.91. The lowest BCUT2D eigenvalue weighted by Crippen LogP contribution is -2.36. The molecular formula is C14H22N2O2. The van der Waals surface area contributed by atoms with E-state index in [0.717, 1.165) is 11.3 Å². The SMILES string of the molecule is COCC(C)NC(=O)CC(C)c1ccc(N)cc1. The van der Waals surface area contributed by atoms with Gasteiger partial charge in [0, 0.05) is 25.3 Å². The zero-order chi connectivity index (χ0) is 13.5. The third-order valence-corrected chi connectivity index (χ3v) is 2.82. The second-order valence-corrected chi connectivity index (χ2v) is 4.70. The van der Waals surface area contributed by atoms with Crippen LogP contribution in [0, 0.1) is 0 Å². The lowest BCUT2D eigenvalue weighted by Gasteiger charge is -2.16. The number of nitrogens with one attached hydrogen (secondary N) is 1. The minimum absolute atomic E-state index is 0.0427. The molecule has 2 atom stereocenters. The number of hydrogen-bond donors (Lipinski definition) is 2. The van der Waals surface area contributed by atoms with Crippen LogP contribution >= 0.6 is 0 Å². The highest BCUT2D eigenvalue weighted by Crippen LogP contribution is 2.19. The maximum absolute atomic E-state index is 11.8. The minimum atomic E-state index is 0.0427. The molecule has 2 unspecified atom stereocenters. The molecule has 1 aromatic carbocycles. The lowest BCUT2D eigenvalue weighted by molar-refractivity contribution is -0.122. The van der Waals surface area contributed by atoms with E-state index in [0.29, 0.717) is 13.0 Å². The summed E-state index contributed by atoms with van der Waals surface area (Å²) >= 11 is 0. The molecule has 18 heavy (non-hydrogen) atoms. The van der Waals surface area contributed by atoms with Gasteiger partial charge < -0.3 is 15.8 Å². The molecule has 1 amide bonds. The molecule has 0 fully saturated rings. The van der Waals surface area contributed by atoms with Crippen LogP contribution < -0.4 is 11.1 Å². The van der Waals surface area contributed by atoms with E-state index in [2.05, 4.69) is 5.32 Å². The number of amides is 1. The number of hydrogen-bond acceptors (Lipinski definition) is 3. The molecule has 0 spiro atoms. The maximum atomic E-state index is 11.8. The molecule has 0 aliphatic carbocycles. The highest BCUT2D eigenvalue weighted by molar-refractivity contribution is 5.77. The Morgan fingerprint density at radius 3 is 2.50 bits per heavy atom. The molecule has 1 aromatic rings. The fraction of sp³-hybridized carbons (Fsp3) is 0.500. The van der Waals surface area contributed by atoms with Crippen LogP contribution in [0.25, 0.3) is 0 Å². The quantitative estimate of drug-likeness (QED) is 0.758. The van der Waals surface area contributed by atoms with Crippen molar-refractivity contribution in [1.29, 1.82) is 0 Å². The van der Waals surface area contributed by atoms with Gasteiger partial charge in [0.2, 0.25) is 5.91 Å². The van der Waals surface area contributed by atoms with E-state index in [1.807, 2.05) is 38.1 Å². The Kier molecular flexibility index (Phi) is 5.65. The standard InChI is InChI=1S/C14H22N2O2/c1-10(12-4-6-13(15)7-5-12)8-14(17)16-11(2)9-18-3/h4-7,10-11H,8-9,15H2,1-3H3,(H,16,17). The van der Waals surface area contributed by atoms with Gasteiger partial charge in [-0.05, 0) is 30.5 Å². The minimum Gasteiger partial charge on any atom is -0.399 e. The fourth-order valence-electron chi connectivity index (χ4n) is 1.85. The van der Waals surface area contributed by atoms with Crippen LogP contribution in [0.1, 0.15) is 31.7 Å².